The highest BCUT2D eigenvalue weighted by atomic mass is 19.1. The van der Waals surface area contributed by atoms with Crippen LogP contribution in [-0.2, 0) is 13.0 Å². The van der Waals surface area contributed by atoms with Gasteiger partial charge in [0.2, 0.25) is 5.89 Å². The molecule has 3 heterocycles. The summed E-state index contributed by atoms with van der Waals surface area (Å²) in [4.78, 5) is 13.2. The third-order valence-corrected chi connectivity index (χ3v) is 4.52. The Balaban J connectivity index is 1.31. The Morgan fingerprint density at radius 1 is 1.04 bits per heavy atom. The first kappa shape index (κ1) is 16.7. The van der Waals surface area contributed by atoms with Crippen LogP contribution in [0.2, 0.25) is 0 Å². The van der Waals surface area contributed by atoms with Crippen LogP contribution < -0.4 is 4.90 Å². The third kappa shape index (κ3) is 4.05. The van der Waals surface area contributed by atoms with E-state index in [1.807, 2.05) is 30.6 Å². The van der Waals surface area contributed by atoms with Crippen molar-refractivity contribution in [1.82, 2.24) is 20.0 Å². The normalized spacial score (nSPS) is 15.3. The fourth-order valence-electron chi connectivity index (χ4n) is 3.17. The maximum atomic E-state index is 13.3. The molecule has 134 valence electrons. The van der Waals surface area contributed by atoms with Crippen LogP contribution in [0.3, 0.4) is 0 Å². The molecule has 1 saturated heterocycles. The molecule has 0 unspecified atom stereocenters. The summed E-state index contributed by atoms with van der Waals surface area (Å²) in [5.41, 5.74) is 2.04. The van der Waals surface area contributed by atoms with Gasteiger partial charge in [0.05, 0.1) is 6.54 Å². The van der Waals surface area contributed by atoms with Crippen molar-refractivity contribution in [2.75, 3.05) is 31.1 Å². The Hall–Kier alpha value is -2.80. The number of benzene rings is 1. The molecule has 3 aromatic rings. The number of piperazine rings is 1. The molecule has 2 aromatic heterocycles. The van der Waals surface area contributed by atoms with Gasteiger partial charge < -0.3 is 9.42 Å². The van der Waals surface area contributed by atoms with E-state index < -0.39 is 0 Å². The summed E-state index contributed by atoms with van der Waals surface area (Å²) in [7, 11) is 0. The topological polar surface area (TPSA) is 58.3 Å². The highest BCUT2D eigenvalue weighted by molar-refractivity contribution is 5.44. The number of hydrogen-bond acceptors (Lipinski definition) is 6. The van der Waals surface area contributed by atoms with Crippen molar-refractivity contribution in [2.45, 2.75) is 13.0 Å². The fourth-order valence-corrected chi connectivity index (χ4v) is 3.17. The average Bonchev–Trinajstić information content (AvgIpc) is 3.10. The standard InChI is InChI=1S/C19H20FN5O/c20-16-3-1-2-15(12-16)13-18-22-19(26-23-18)14-24-8-10-25(11-9-24)17-4-6-21-7-5-17/h1-7,12H,8-11,13-14H2. The Morgan fingerprint density at radius 2 is 1.85 bits per heavy atom. The van der Waals surface area contributed by atoms with E-state index in [1.54, 1.807) is 6.07 Å². The minimum Gasteiger partial charge on any atom is -0.369 e. The molecule has 26 heavy (non-hydrogen) atoms. The van der Waals surface area contributed by atoms with Crippen molar-refractivity contribution in [1.29, 1.82) is 0 Å². The van der Waals surface area contributed by atoms with Gasteiger partial charge in [-0.1, -0.05) is 17.3 Å². The van der Waals surface area contributed by atoms with Crippen LogP contribution in [0.5, 0.6) is 0 Å². The first-order valence-corrected chi connectivity index (χ1v) is 8.69. The minimum atomic E-state index is -0.252. The molecule has 1 fully saturated rings. The van der Waals surface area contributed by atoms with Gasteiger partial charge >= 0.3 is 0 Å². The molecule has 1 aromatic carbocycles. The van der Waals surface area contributed by atoms with E-state index in [0.29, 0.717) is 24.7 Å². The minimum absolute atomic E-state index is 0.252. The molecule has 6 nitrogen and oxygen atoms in total. The zero-order valence-corrected chi connectivity index (χ0v) is 14.4. The Morgan fingerprint density at radius 3 is 2.62 bits per heavy atom. The number of nitrogens with zero attached hydrogens (tertiary/aromatic N) is 5. The number of aromatic nitrogens is 3. The summed E-state index contributed by atoms with van der Waals surface area (Å²) >= 11 is 0. The summed E-state index contributed by atoms with van der Waals surface area (Å²) in [6.45, 7) is 4.41. The smallest absolute Gasteiger partial charge is 0.240 e. The molecular formula is C19H20FN5O. The summed E-state index contributed by atoms with van der Waals surface area (Å²) in [6.07, 6.45) is 4.11. The van der Waals surface area contributed by atoms with Crippen LogP contribution in [0.1, 0.15) is 17.3 Å². The monoisotopic (exact) mass is 353 g/mol. The van der Waals surface area contributed by atoms with Crippen molar-refractivity contribution in [3.63, 3.8) is 0 Å². The molecule has 0 N–H and O–H groups in total. The Labute approximate surface area is 151 Å². The molecule has 1 aliphatic heterocycles. The SMILES string of the molecule is Fc1cccc(Cc2noc(CN3CCN(c4ccncc4)CC3)n2)c1. The number of halogens is 1. The molecule has 1 aliphatic rings. The summed E-state index contributed by atoms with van der Waals surface area (Å²) in [6, 6.07) is 10.5. The zero-order valence-electron chi connectivity index (χ0n) is 14.4. The van der Waals surface area contributed by atoms with E-state index in [9.17, 15) is 4.39 Å². The van der Waals surface area contributed by atoms with E-state index in [1.165, 1.54) is 17.8 Å². The van der Waals surface area contributed by atoms with Gasteiger partial charge in [-0.25, -0.2) is 4.39 Å². The number of anilines is 1. The predicted octanol–water partition coefficient (Wildman–Crippen LogP) is 2.52. The van der Waals surface area contributed by atoms with Crippen LogP contribution in [0.25, 0.3) is 0 Å². The van der Waals surface area contributed by atoms with Gasteiger partial charge in [-0.2, -0.15) is 4.98 Å². The third-order valence-electron chi connectivity index (χ3n) is 4.52. The quantitative estimate of drug-likeness (QED) is 0.702. The molecule has 0 bridgehead atoms. The molecule has 4 rings (SSSR count). The fraction of sp³-hybridized carbons (Fsp3) is 0.316. The zero-order chi connectivity index (χ0) is 17.8. The number of pyridine rings is 1. The van der Waals surface area contributed by atoms with Crippen molar-refractivity contribution >= 4 is 5.69 Å². The van der Waals surface area contributed by atoms with Gasteiger partial charge in [0, 0.05) is 50.7 Å². The maximum absolute atomic E-state index is 13.3. The molecular weight excluding hydrogens is 333 g/mol. The first-order chi connectivity index (χ1) is 12.8. The van der Waals surface area contributed by atoms with Crippen molar-refractivity contribution < 1.29 is 8.91 Å². The number of hydrogen-bond donors (Lipinski definition) is 0. The predicted molar refractivity (Wildman–Crippen MR) is 95.2 cm³/mol. The lowest BCUT2D eigenvalue weighted by molar-refractivity contribution is 0.215. The van der Waals surface area contributed by atoms with Crippen LogP contribution in [-0.4, -0.2) is 46.2 Å². The second-order valence-corrected chi connectivity index (χ2v) is 6.38. The molecule has 0 spiro atoms. The second kappa shape index (κ2) is 7.61. The Kier molecular flexibility index (Phi) is 4.88. The van der Waals surface area contributed by atoms with Gasteiger partial charge in [-0.05, 0) is 29.8 Å². The molecule has 0 saturated carbocycles. The molecule has 0 aliphatic carbocycles. The van der Waals surface area contributed by atoms with Crippen LogP contribution >= 0.6 is 0 Å². The Bertz CT molecular complexity index is 846. The van der Waals surface area contributed by atoms with Gasteiger partial charge in [-0.3, -0.25) is 9.88 Å². The summed E-state index contributed by atoms with van der Waals surface area (Å²) < 4.78 is 18.6. The van der Waals surface area contributed by atoms with E-state index in [-0.39, 0.29) is 5.82 Å². The van der Waals surface area contributed by atoms with Crippen molar-refractivity contribution in [3.05, 3.63) is 71.9 Å². The van der Waals surface area contributed by atoms with Gasteiger partial charge in [-0.15, -0.1) is 0 Å². The molecule has 7 heteroatoms. The van der Waals surface area contributed by atoms with E-state index in [4.69, 9.17) is 4.52 Å². The molecule has 0 radical (unpaired) electrons. The highest BCUT2D eigenvalue weighted by Gasteiger charge is 2.19. The average molecular weight is 353 g/mol. The lowest BCUT2D eigenvalue weighted by Crippen LogP contribution is -2.46. The van der Waals surface area contributed by atoms with Gasteiger partial charge in [0.1, 0.15) is 5.82 Å². The number of rotatable bonds is 5. The summed E-state index contributed by atoms with van der Waals surface area (Å²) in [5, 5.41) is 4.02. The molecule has 0 atom stereocenters. The van der Waals surface area contributed by atoms with Crippen LogP contribution in [0, 0.1) is 5.82 Å². The van der Waals surface area contributed by atoms with E-state index in [0.717, 1.165) is 31.7 Å². The maximum Gasteiger partial charge on any atom is 0.240 e. The van der Waals surface area contributed by atoms with Crippen LogP contribution in [0.15, 0.2) is 53.3 Å². The first-order valence-electron chi connectivity index (χ1n) is 8.69. The second-order valence-electron chi connectivity index (χ2n) is 6.38. The lowest BCUT2D eigenvalue weighted by atomic mass is 10.1. The summed E-state index contributed by atoms with van der Waals surface area (Å²) in [5.74, 6) is 0.938. The lowest BCUT2D eigenvalue weighted by Gasteiger charge is -2.35. The van der Waals surface area contributed by atoms with Crippen molar-refractivity contribution in [2.24, 2.45) is 0 Å². The van der Waals surface area contributed by atoms with E-state index in [2.05, 4.69) is 24.9 Å². The van der Waals surface area contributed by atoms with Gasteiger partial charge in [0.15, 0.2) is 5.82 Å². The largest absolute Gasteiger partial charge is 0.369 e. The van der Waals surface area contributed by atoms with Crippen LogP contribution in [0.4, 0.5) is 10.1 Å². The van der Waals surface area contributed by atoms with E-state index >= 15 is 0 Å². The van der Waals surface area contributed by atoms with Crippen molar-refractivity contribution in [3.8, 4) is 0 Å². The highest BCUT2D eigenvalue weighted by Crippen LogP contribution is 2.16. The molecule has 0 amide bonds. The van der Waals surface area contributed by atoms with Gasteiger partial charge in [0.25, 0.3) is 0 Å².